The third kappa shape index (κ3) is 4.25. The number of para-hydroxylation sites is 1. The van der Waals surface area contributed by atoms with E-state index in [1.165, 1.54) is 16.4 Å². The Morgan fingerprint density at radius 1 is 1.17 bits per heavy atom. The molecule has 0 saturated heterocycles. The second kappa shape index (κ2) is 8.49. The van der Waals surface area contributed by atoms with Gasteiger partial charge in [0.05, 0.1) is 22.1 Å². The molecule has 10 nitrogen and oxygen atoms in total. The molecule has 0 saturated carbocycles. The van der Waals surface area contributed by atoms with Crippen molar-refractivity contribution in [3.05, 3.63) is 70.4 Å². The summed E-state index contributed by atoms with van der Waals surface area (Å²) in [5, 5.41) is 15.5. The molecule has 0 aliphatic carbocycles. The molecule has 30 heavy (non-hydrogen) atoms. The number of rotatable bonds is 8. The first-order valence-electron chi connectivity index (χ1n) is 9.10. The maximum absolute atomic E-state index is 13.2. The number of sulfonamides is 1. The minimum Gasteiger partial charge on any atom is -0.361 e. The van der Waals surface area contributed by atoms with Crippen LogP contribution in [-0.4, -0.2) is 37.1 Å². The molecule has 0 fully saturated rings. The number of benzene rings is 2. The Labute approximate surface area is 173 Å². The van der Waals surface area contributed by atoms with Crippen LogP contribution < -0.4 is 9.21 Å². The fraction of sp³-hybridized carbons (Fsp3) is 0.263. The van der Waals surface area contributed by atoms with Gasteiger partial charge in [-0.15, -0.1) is 0 Å². The van der Waals surface area contributed by atoms with E-state index >= 15 is 0 Å². The highest BCUT2D eigenvalue weighted by molar-refractivity contribution is 7.92. The number of hydrogen-bond acceptors (Lipinski definition) is 8. The van der Waals surface area contributed by atoms with Crippen molar-refractivity contribution in [2.24, 2.45) is 0 Å². The summed E-state index contributed by atoms with van der Waals surface area (Å²) in [5.74, 6) is 0.747. The van der Waals surface area contributed by atoms with E-state index < -0.39 is 14.9 Å². The summed E-state index contributed by atoms with van der Waals surface area (Å²) in [5.41, 5.74) is 0.392. The molecular weight excluding hydrogens is 410 g/mol. The normalized spacial score (nSPS) is 11.3. The molecule has 0 atom stereocenters. The van der Waals surface area contributed by atoms with Crippen molar-refractivity contribution >= 4 is 27.1 Å². The zero-order chi connectivity index (χ0) is 21.9. The van der Waals surface area contributed by atoms with E-state index in [2.05, 4.69) is 10.1 Å². The van der Waals surface area contributed by atoms with Crippen molar-refractivity contribution < 1.29 is 17.9 Å². The van der Waals surface area contributed by atoms with Crippen LogP contribution in [0, 0.1) is 17.0 Å². The number of nitro groups is 1. The molecule has 3 aromatic rings. The van der Waals surface area contributed by atoms with E-state index in [-0.39, 0.29) is 29.4 Å². The van der Waals surface area contributed by atoms with Gasteiger partial charge in [-0.1, -0.05) is 23.4 Å². The summed E-state index contributed by atoms with van der Waals surface area (Å²) in [6.45, 7) is 3.69. The number of aromatic nitrogens is 2. The Balaban J connectivity index is 1.98. The standard InChI is InChI=1S/C19H21N5O5S/c1-4-23(15-8-6-5-7-9-15)30(27,28)16-10-11-17(18(12-16)24(25)26)22(3)13-19-20-14(2)29-21-19/h5-12H,4,13H2,1-3H3. The highest BCUT2D eigenvalue weighted by Gasteiger charge is 2.28. The van der Waals surface area contributed by atoms with Crippen LogP contribution in [0.5, 0.6) is 0 Å². The smallest absolute Gasteiger partial charge is 0.293 e. The zero-order valence-electron chi connectivity index (χ0n) is 16.7. The van der Waals surface area contributed by atoms with Gasteiger partial charge < -0.3 is 9.42 Å². The Morgan fingerprint density at radius 2 is 1.87 bits per heavy atom. The second-order valence-corrected chi connectivity index (χ2v) is 8.36. The molecule has 2 aromatic carbocycles. The molecule has 0 N–H and O–H groups in total. The van der Waals surface area contributed by atoms with Crippen molar-refractivity contribution in [3.8, 4) is 0 Å². The molecule has 11 heteroatoms. The molecule has 1 aromatic heterocycles. The van der Waals surface area contributed by atoms with Crippen LogP contribution >= 0.6 is 0 Å². The van der Waals surface area contributed by atoms with E-state index in [4.69, 9.17) is 4.52 Å². The van der Waals surface area contributed by atoms with Gasteiger partial charge in [-0.25, -0.2) is 8.42 Å². The molecular formula is C19H21N5O5S. The maximum atomic E-state index is 13.2. The minimum absolute atomic E-state index is 0.160. The zero-order valence-corrected chi connectivity index (χ0v) is 17.5. The van der Waals surface area contributed by atoms with Gasteiger partial charge in [0.15, 0.2) is 5.82 Å². The third-order valence-corrected chi connectivity index (χ3v) is 6.32. The van der Waals surface area contributed by atoms with E-state index in [1.807, 2.05) is 0 Å². The largest absolute Gasteiger partial charge is 0.361 e. The lowest BCUT2D eigenvalue weighted by atomic mass is 10.2. The lowest BCUT2D eigenvalue weighted by Crippen LogP contribution is -2.30. The molecule has 0 unspecified atom stereocenters. The van der Waals surface area contributed by atoms with E-state index in [0.29, 0.717) is 17.4 Å². The molecule has 0 amide bonds. The molecule has 0 aliphatic heterocycles. The number of hydrogen-bond donors (Lipinski definition) is 0. The summed E-state index contributed by atoms with van der Waals surface area (Å²) in [6, 6.07) is 12.4. The summed E-state index contributed by atoms with van der Waals surface area (Å²) in [7, 11) is -2.36. The van der Waals surface area contributed by atoms with Crippen LogP contribution in [0.2, 0.25) is 0 Å². The first kappa shape index (κ1) is 21.2. The minimum atomic E-state index is -3.99. The van der Waals surface area contributed by atoms with Gasteiger partial charge >= 0.3 is 0 Å². The summed E-state index contributed by atoms with van der Waals surface area (Å²) >= 11 is 0. The highest BCUT2D eigenvalue weighted by Crippen LogP contribution is 2.33. The first-order chi connectivity index (χ1) is 14.2. The molecule has 158 valence electrons. The summed E-state index contributed by atoms with van der Waals surface area (Å²) in [4.78, 5) is 16.6. The average molecular weight is 431 g/mol. The van der Waals surface area contributed by atoms with Crippen molar-refractivity contribution in [3.63, 3.8) is 0 Å². The highest BCUT2D eigenvalue weighted by atomic mass is 32.2. The Bertz CT molecular complexity index is 1150. The number of nitro benzene ring substituents is 1. The van der Waals surface area contributed by atoms with Crippen LogP contribution in [0.1, 0.15) is 18.6 Å². The Kier molecular flexibility index (Phi) is 6.01. The van der Waals surface area contributed by atoms with Crippen LogP contribution in [0.3, 0.4) is 0 Å². The second-order valence-electron chi connectivity index (χ2n) is 6.50. The number of nitrogens with zero attached hydrogens (tertiary/aromatic N) is 5. The van der Waals surface area contributed by atoms with Gasteiger partial charge in [0.25, 0.3) is 15.7 Å². The fourth-order valence-corrected chi connectivity index (χ4v) is 4.54. The van der Waals surface area contributed by atoms with Gasteiger partial charge in [-0.3, -0.25) is 14.4 Å². The Hall–Kier alpha value is -3.47. The molecule has 0 bridgehead atoms. The van der Waals surface area contributed by atoms with Crippen molar-refractivity contribution in [1.82, 2.24) is 10.1 Å². The molecule has 1 heterocycles. The summed E-state index contributed by atoms with van der Waals surface area (Å²) in [6.07, 6.45) is 0. The summed E-state index contributed by atoms with van der Waals surface area (Å²) < 4.78 is 32.5. The van der Waals surface area contributed by atoms with E-state index in [1.54, 1.807) is 56.1 Å². The van der Waals surface area contributed by atoms with Crippen molar-refractivity contribution in [2.75, 3.05) is 22.8 Å². The SMILES string of the molecule is CCN(c1ccccc1)S(=O)(=O)c1ccc(N(C)Cc2noc(C)n2)c([N+](=O)[O-])c1. The predicted molar refractivity (Wildman–Crippen MR) is 111 cm³/mol. The molecule has 0 aliphatic rings. The van der Waals surface area contributed by atoms with Crippen molar-refractivity contribution in [2.45, 2.75) is 25.3 Å². The van der Waals surface area contributed by atoms with Gasteiger partial charge in [-0.2, -0.15) is 4.98 Å². The molecule has 0 spiro atoms. The maximum Gasteiger partial charge on any atom is 0.293 e. The number of aryl methyl sites for hydroxylation is 1. The average Bonchev–Trinajstić information content (AvgIpc) is 3.13. The van der Waals surface area contributed by atoms with Gasteiger partial charge in [-0.05, 0) is 31.2 Å². The van der Waals surface area contributed by atoms with Crippen LogP contribution in [0.4, 0.5) is 17.1 Å². The molecule has 0 radical (unpaired) electrons. The predicted octanol–water partition coefficient (Wildman–Crippen LogP) is 3.14. The van der Waals surface area contributed by atoms with E-state index in [0.717, 1.165) is 6.07 Å². The number of anilines is 2. The van der Waals surface area contributed by atoms with E-state index in [9.17, 15) is 18.5 Å². The van der Waals surface area contributed by atoms with Crippen LogP contribution in [0.25, 0.3) is 0 Å². The fourth-order valence-electron chi connectivity index (χ4n) is 3.05. The lowest BCUT2D eigenvalue weighted by Gasteiger charge is -2.23. The first-order valence-corrected chi connectivity index (χ1v) is 10.5. The van der Waals surface area contributed by atoms with Gasteiger partial charge in [0, 0.05) is 26.6 Å². The monoisotopic (exact) mass is 431 g/mol. The quantitative estimate of drug-likeness (QED) is 0.394. The molecule has 3 rings (SSSR count). The lowest BCUT2D eigenvalue weighted by molar-refractivity contribution is -0.384. The van der Waals surface area contributed by atoms with Gasteiger partial charge in [0.2, 0.25) is 5.89 Å². The van der Waals surface area contributed by atoms with Gasteiger partial charge in [0.1, 0.15) is 5.69 Å². The third-order valence-electron chi connectivity index (χ3n) is 4.42. The topological polar surface area (TPSA) is 123 Å². The van der Waals surface area contributed by atoms with Crippen LogP contribution in [0.15, 0.2) is 57.9 Å². The van der Waals surface area contributed by atoms with Crippen LogP contribution in [-0.2, 0) is 16.6 Å². The Morgan fingerprint density at radius 3 is 2.43 bits per heavy atom. The van der Waals surface area contributed by atoms with Crippen molar-refractivity contribution in [1.29, 1.82) is 0 Å².